The van der Waals surface area contributed by atoms with Crippen molar-refractivity contribution in [2.75, 3.05) is 13.2 Å². The summed E-state index contributed by atoms with van der Waals surface area (Å²) in [4.78, 5) is 0. The van der Waals surface area contributed by atoms with E-state index in [1.54, 1.807) is 0 Å². The van der Waals surface area contributed by atoms with Crippen LogP contribution in [0.25, 0.3) is 0 Å². The Hall–Kier alpha value is -0.860. The highest BCUT2D eigenvalue weighted by Gasteiger charge is 2.32. The average molecular weight is 205 g/mol. The van der Waals surface area contributed by atoms with Crippen molar-refractivity contribution in [3.8, 4) is 0 Å². The smallest absolute Gasteiger partial charge is 0.103 e. The lowest BCUT2D eigenvalue weighted by atomic mass is 9.93. The highest BCUT2D eigenvalue weighted by atomic mass is 16.5. The van der Waals surface area contributed by atoms with E-state index in [0.29, 0.717) is 6.04 Å². The summed E-state index contributed by atoms with van der Waals surface area (Å²) in [6.45, 7) is 6.05. The van der Waals surface area contributed by atoms with Gasteiger partial charge in [-0.05, 0) is 18.9 Å². The molecule has 1 saturated heterocycles. The van der Waals surface area contributed by atoms with Gasteiger partial charge in [0.05, 0.1) is 6.61 Å². The second-order valence-electron chi connectivity index (χ2n) is 4.39. The molecule has 2 unspecified atom stereocenters. The number of morpholine rings is 1. The van der Waals surface area contributed by atoms with Crippen LogP contribution in [0.4, 0.5) is 0 Å². The highest BCUT2D eigenvalue weighted by molar-refractivity contribution is 5.22. The van der Waals surface area contributed by atoms with Gasteiger partial charge in [-0.1, -0.05) is 37.3 Å². The second kappa shape index (κ2) is 4.33. The molecule has 2 rings (SSSR count). The molecular formula is C13H19NO. The van der Waals surface area contributed by atoms with Crippen molar-refractivity contribution in [1.29, 1.82) is 0 Å². The van der Waals surface area contributed by atoms with Crippen LogP contribution in [0.1, 0.15) is 25.8 Å². The van der Waals surface area contributed by atoms with Crippen LogP contribution in [-0.2, 0) is 10.3 Å². The molecule has 1 aromatic carbocycles. The molecule has 1 aliphatic heterocycles. The van der Waals surface area contributed by atoms with Crippen molar-refractivity contribution in [2.45, 2.75) is 31.9 Å². The third-order valence-electron chi connectivity index (χ3n) is 3.21. The molecule has 1 N–H and O–H groups in total. The van der Waals surface area contributed by atoms with Crippen LogP contribution in [0.2, 0.25) is 0 Å². The Labute approximate surface area is 91.6 Å². The lowest BCUT2D eigenvalue weighted by Crippen LogP contribution is -2.50. The van der Waals surface area contributed by atoms with Crippen LogP contribution in [-0.4, -0.2) is 19.2 Å². The maximum absolute atomic E-state index is 5.99. The summed E-state index contributed by atoms with van der Waals surface area (Å²) in [6, 6.07) is 11.0. The molecule has 0 saturated carbocycles. The van der Waals surface area contributed by atoms with Crippen LogP contribution in [0.3, 0.4) is 0 Å². The maximum atomic E-state index is 5.99. The molecule has 0 radical (unpaired) electrons. The fraction of sp³-hybridized carbons (Fsp3) is 0.538. The minimum absolute atomic E-state index is 0.160. The van der Waals surface area contributed by atoms with Gasteiger partial charge in [0.25, 0.3) is 0 Å². The Morgan fingerprint density at radius 1 is 1.40 bits per heavy atom. The maximum Gasteiger partial charge on any atom is 0.103 e. The molecule has 1 aliphatic rings. The minimum Gasteiger partial charge on any atom is -0.368 e. The van der Waals surface area contributed by atoms with Crippen molar-refractivity contribution < 1.29 is 4.74 Å². The number of ether oxygens (including phenoxy) is 1. The van der Waals surface area contributed by atoms with Gasteiger partial charge < -0.3 is 10.1 Å². The largest absolute Gasteiger partial charge is 0.368 e. The van der Waals surface area contributed by atoms with Crippen LogP contribution in [0.15, 0.2) is 30.3 Å². The van der Waals surface area contributed by atoms with Crippen LogP contribution in [0, 0.1) is 0 Å². The fourth-order valence-electron chi connectivity index (χ4n) is 1.97. The van der Waals surface area contributed by atoms with Gasteiger partial charge in [-0.15, -0.1) is 0 Å². The monoisotopic (exact) mass is 205 g/mol. The molecule has 1 heterocycles. The number of nitrogens with one attached hydrogen (secondary N) is 1. The Bertz CT molecular complexity index is 302. The fourth-order valence-corrected chi connectivity index (χ4v) is 1.97. The van der Waals surface area contributed by atoms with E-state index in [1.165, 1.54) is 5.56 Å². The lowest BCUT2D eigenvalue weighted by molar-refractivity contribution is -0.0761. The Morgan fingerprint density at radius 2 is 2.13 bits per heavy atom. The summed E-state index contributed by atoms with van der Waals surface area (Å²) < 4.78 is 5.99. The standard InChI is InChI=1S/C13H19NO/c1-3-12-9-15-13(2,10-14-12)11-7-5-4-6-8-11/h4-8,12,14H,3,9-10H2,1-2H3. The van der Waals surface area contributed by atoms with E-state index in [0.717, 1.165) is 19.6 Å². The Kier molecular flexibility index (Phi) is 3.08. The molecule has 1 fully saturated rings. The molecule has 0 spiro atoms. The van der Waals surface area contributed by atoms with Gasteiger partial charge >= 0.3 is 0 Å². The first-order valence-electron chi connectivity index (χ1n) is 5.67. The summed E-state index contributed by atoms with van der Waals surface area (Å²) in [5.74, 6) is 0. The van der Waals surface area contributed by atoms with E-state index in [-0.39, 0.29) is 5.60 Å². The molecule has 2 heteroatoms. The number of rotatable bonds is 2. The van der Waals surface area contributed by atoms with Gasteiger partial charge in [0.1, 0.15) is 5.60 Å². The van der Waals surface area contributed by atoms with Crippen molar-refractivity contribution in [3.63, 3.8) is 0 Å². The topological polar surface area (TPSA) is 21.3 Å². The summed E-state index contributed by atoms with van der Waals surface area (Å²) in [5, 5.41) is 3.53. The summed E-state index contributed by atoms with van der Waals surface area (Å²) in [6.07, 6.45) is 1.13. The normalized spacial score (nSPS) is 31.5. The van der Waals surface area contributed by atoms with E-state index in [9.17, 15) is 0 Å². The Morgan fingerprint density at radius 3 is 2.67 bits per heavy atom. The average Bonchev–Trinajstić information content (AvgIpc) is 2.31. The molecule has 0 bridgehead atoms. The van der Waals surface area contributed by atoms with Gasteiger partial charge in [0.15, 0.2) is 0 Å². The van der Waals surface area contributed by atoms with Crippen molar-refractivity contribution >= 4 is 0 Å². The molecule has 2 nitrogen and oxygen atoms in total. The first-order chi connectivity index (χ1) is 7.24. The first kappa shape index (κ1) is 10.7. The predicted molar refractivity (Wildman–Crippen MR) is 61.8 cm³/mol. The number of benzene rings is 1. The quantitative estimate of drug-likeness (QED) is 0.800. The zero-order valence-corrected chi connectivity index (χ0v) is 9.49. The van der Waals surface area contributed by atoms with Crippen molar-refractivity contribution in [1.82, 2.24) is 5.32 Å². The highest BCUT2D eigenvalue weighted by Crippen LogP contribution is 2.27. The first-order valence-corrected chi connectivity index (χ1v) is 5.67. The number of hydrogen-bond donors (Lipinski definition) is 1. The van der Waals surface area contributed by atoms with Gasteiger partial charge in [0.2, 0.25) is 0 Å². The van der Waals surface area contributed by atoms with E-state index < -0.39 is 0 Å². The van der Waals surface area contributed by atoms with E-state index in [1.807, 2.05) is 6.07 Å². The van der Waals surface area contributed by atoms with Crippen molar-refractivity contribution in [2.24, 2.45) is 0 Å². The molecule has 2 atom stereocenters. The van der Waals surface area contributed by atoms with E-state index in [2.05, 4.69) is 43.4 Å². The van der Waals surface area contributed by atoms with Crippen LogP contribution >= 0.6 is 0 Å². The molecule has 15 heavy (non-hydrogen) atoms. The SMILES string of the molecule is CCC1COC(C)(c2ccccc2)CN1. The second-order valence-corrected chi connectivity index (χ2v) is 4.39. The van der Waals surface area contributed by atoms with Crippen LogP contribution < -0.4 is 5.32 Å². The Balaban J connectivity index is 2.10. The molecule has 0 amide bonds. The summed E-state index contributed by atoms with van der Waals surface area (Å²) in [5.41, 5.74) is 1.10. The van der Waals surface area contributed by atoms with Gasteiger partial charge in [0, 0.05) is 12.6 Å². The predicted octanol–water partition coefficient (Wildman–Crippen LogP) is 2.30. The summed E-state index contributed by atoms with van der Waals surface area (Å²) in [7, 11) is 0. The zero-order chi connectivity index (χ0) is 10.7. The molecular weight excluding hydrogens is 186 g/mol. The third kappa shape index (κ3) is 2.21. The third-order valence-corrected chi connectivity index (χ3v) is 3.21. The lowest BCUT2D eigenvalue weighted by Gasteiger charge is -2.38. The molecule has 1 aromatic rings. The molecule has 0 aliphatic carbocycles. The molecule has 0 aromatic heterocycles. The van der Waals surface area contributed by atoms with Gasteiger partial charge in [-0.3, -0.25) is 0 Å². The number of hydrogen-bond acceptors (Lipinski definition) is 2. The van der Waals surface area contributed by atoms with Crippen molar-refractivity contribution in [3.05, 3.63) is 35.9 Å². The molecule has 82 valence electrons. The van der Waals surface area contributed by atoms with Gasteiger partial charge in [-0.25, -0.2) is 0 Å². The van der Waals surface area contributed by atoms with Crippen LogP contribution in [0.5, 0.6) is 0 Å². The minimum atomic E-state index is -0.160. The van der Waals surface area contributed by atoms with E-state index in [4.69, 9.17) is 4.74 Å². The van der Waals surface area contributed by atoms with Gasteiger partial charge in [-0.2, -0.15) is 0 Å². The zero-order valence-electron chi connectivity index (χ0n) is 9.49. The van der Waals surface area contributed by atoms with E-state index >= 15 is 0 Å². The summed E-state index contributed by atoms with van der Waals surface area (Å²) >= 11 is 0.